The summed E-state index contributed by atoms with van der Waals surface area (Å²) in [5.74, 6) is 1.78. The third-order valence-electron chi connectivity index (χ3n) is 3.90. The van der Waals surface area contributed by atoms with Crippen molar-refractivity contribution in [1.29, 1.82) is 0 Å². The number of methoxy groups -OCH3 is 2. The first-order chi connectivity index (χ1) is 13.5. The van der Waals surface area contributed by atoms with E-state index < -0.39 is 11.2 Å². The molecule has 0 radical (unpaired) electrons. The zero-order chi connectivity index (χ0) is 21.8. The number of nitrogens with zero attached hydrogens (tertiary/aromatic N) is 2. The van der Waals surface area contributed by atoms with Crippen molar-refractivity contribution in [2.45, 2.75) is 51.1 Å². The fourth-order valence-electron chi connectivity index (χ4n) is 2.61. The van der Waals surface area contributed by atoms with Crippen LogP contribution in [0.4, 0.5) is 0 Å². The quantitative estimate of drug-likeness (QED) is 0.612. The maximum absolute atomic E-state index is 12.7. The Balaban J connectivity index is 0.000000537. The molecule has 1 aromatic carbocycles. The van der Waals surface area contributed by atoms with Crippen molar-refractivity contribution in [3.05, 3.63) is 41.2 Å². The molecule has 1 unspecified atom stereocenters. The number of pyridine rings is 1. The van der Waals surface area contributed by atoms with Crippen LogP contribution in [-0.2, 0) is 16.9 Å². The highest BCUT2D eigenvalue weighted by Gasteiger charge is 2.21. The van der Waals surface area contributed by atoms with Crippen LogP contribution in [0.5, 0.6) is 11.5 Å². The Morgan fingerprint density at radius 2 is 1.83 bits per heavy atom. The first-order valence-corrected chi connectivity index (χ1v) is 10.6. The smallest absolute Gasteiger partial charge is 0.322 e. The number of aromatic nitrogens is 3. The van der Waals surface area contributed by atoms with Crippen LogP contribution in [-0.4, -0.2) is 39.3 Å². The number of fused-ring (bicyclic) bond motifs is 1. The number of benzene rings is 1. The number of rotatable bonds is 5. The average molecular weight is 419 g/mol. The van der Waals surface area contributed by atoms with Crippen molar-refractivity contribution in [3.8, 4) is 11.5 Å². The van der Waals surface area contributed by atoms with Crippen LogP contribution in [0.15, 0.2) is 29.6 Å². The van der Waals surface area contributed by atoms with Gasteiger partial charge in [-0.15, -0.1) is 0 Å². The minimum absolute atomic E-state index is 0. The predicted molar refractivity (Wildman–Crippen MR) is 117 cm³/mol. The Hall–Kier alpha value is -2.29. The molecule has 2 heterocycles. The molecule has 0 aliphatic heterocycles. The zero-order valence-electron chi connectivity index (χ0n) is 18.1. The fraction of sp³-hybridized carbons (Fsp3) is 0.429. The van der Waals surface area contributed by atoms with Gasteiger partial charge < -0.3 is 19.8 Å². The van der Waals surface area contributed by atoms with Gasteiger partial charge in [0.25, 0.3) is 0 Å². The second-order valence-corrected chi connectivity index (χ2v) is 9.19. The maximum atomic E-state index is 12.7. The number of ether oxygens (including phenoxy) is 2. The van der Waals surface area contributed by atoms with Crippen LogP contribution in [0.2, 0.25) is 0 Å². The number of aromatic amines is 1. The largest absolute Gasteiger partial charge is 0.609 e. The lowest BCUT2D eigenvalue weighted by atomic mass is 10.1. The summed E-state index contributed by atoms with van der Waals surface area (Å²) in [5.41, 5.74) is 9.51. The molecular formula is C21H30N4O3S. The standard InChI is InChI=1S/C17H19N3O3S.C4H11N/c1-10-8-18-15(11(2)16(10)23-4)9-24(21)17-19-13-6-5-12(22-3)7-14(13)20-17;1-4(2,3)5/h5-8H,9H2,1-4H3,(H,19,20);5H2,1-3H3. The molecule has 0 bridgehead atoms. The molecule has 7 nitrogen and oxygen atoms in total. The van der Waals surface area contributed by atoms with E-state index in [4.69, 9.17) is 15.2 Å². The van der Waals surface area contributed by atoms with E-state index in [1.54, 1.807) is 20.4 Å². The van der Waals surface area contributed by atoms with E-state index in [1.165, 1.54) is 0 Å². The molecule has 3 rings (SSSR count). The first-order valence-electron chi connectivity index (χ1n) is 9.23. The van der Waals surface area contributed by atoms with E-state index >= 15 is 0 Å². The summed E-state index contributed by atoms with van der Waals surface area (Å²) in [6.45, 7) is 9.76. The number of H-pyrrole nitrogens is 1. The Bertz CT molecular complexity index is 960. The van der Waals surface area contributed by atoms with Crippen molar-refractivity contribution >= 4 is 22.2 Å². The number of hydrogen-bond acceptors (Lipinski definition) is 6. The molecule has 0 aliphatic rings. The van der Waals surface area contributed by atoms with Gasteiger partial charge in [-0.05, 0) is 46.8 Å². The Morgan fingerprint density at radius 3 is 2.41 bits per heavy atom. The van der Waals surface area contributed by atoms with Crippen LogP contribution < -0.4 is 15.2 Å². The maximum Gasteiger partial charge on any atom is 0.322 e. The molecule has 3 aromatic rings. The lowest BCUT2D eigenvalue weighted by Crippen LogP contribution is -2.26. The van der Waals surface area contributed by atoms with E-state index in [2.05, 4.69) is 15.0 Å². The van der Waals surface area contributed by atoms with Crippen molar-refractivity contribution in [3.63, 3.8) is 0 Å². The number of imidazole rings is 1. The highest BCUT2D eigenvalue weighted by molar-refractivity contribution is 7.90. The third-order valence-corrected chi connectivity index (χ3v) is 5.06. The molecule has 0 fully saturated rings. The van der Waals surface area contributed by atoms with E-state index in [1.807, 2.05) is 52.8 Å². The fourth-order valence-corrected chi connectivity index (χ4v) is 3.71. The first kappa shape index (κ1) is 23.0. The van der Waals surface area contributed by atoms with Crippen molar-refractivity contribution in [1.82, 2.24) is 15.0 Å². The minimum Gasteiger partial charge on any atom is -0.609 e. The molecule has 0 saturated heterocycles. The van der Waals surface area contributed by atoms with Crippen LogP contribution in [0, 0.1) is 13.8 Å². The molecule has 0 saturated carbocycles. The monoisotopic (exact) mass is 418 g/mol. The van der Waals surface area contributed by atoms with Gasteiger partial charge in [0.05, 0.1) is 30.9 Å². The predicted octanol–water partition coefficient (Wildman–Crippen LogP) is 3.64. The SMILES string of the molecule is CC(C)(C)N.COc1ccc2[nH]c([S+]([O-])Cc3ncc(C)c(OC)c3C)nc2c1. The second kappa shape index (κ2) is 9.47. The molecule has 1 atom stereocenters. The van der Waals surface area contributed by atoms with Crippen molar-refractivity contribution < 1.29 is 14.0 Å². The van der Waals surface area contributed by atoms with Gasteiger partial charge in [0, 0.05) is 40.1 Å². The lowest BCUT2D eigenvalue weighted by molar-refractivity contribution is 0.407. The summed E-state index contributed by atoms with van der Waals surface area (Å²) in [5, 5.41) is 0.430. The summed E-state index contributed by atoms with van der Waals surface area (Å²) in [4.78, 5) is 11.9. The molecule has 0 aliphatic carbocycles. The Kier molecular flexibility index (Phi) is 7.51. The highest BCUT2D eigenvalue weighted by Crippen LogP contribution is 2.27. The van der Waals surface area contributed by atoms with Gasteiger partial charge in [0.2, 0.25) is 0 Å². The minimum atomic E-state index is -1.33. The molecule has 0 amide bonds. The summed E-state index contributed by atoms with van der Waals surface area (Å²) in [6.07, 6.45) is 1.74. The third kappa shape index (κ3) is 6.35. The van der Waals surface area contributed by atoms with E-state index in [0.29, 0.717) is 10.9 Å². The lowest BCUT2D eigenvalue weighted by Gasteiger charge is -2.13. The topological polar surface area (TPSA) is 109 Å². The van der Waals surface area contributed by atoms with E-state index in [0.717, 1.165) is 33.6 Å². The van der Waals surface area contributed by atoms with Crippen LogP contribution in [0.1, 0.15) is 37.6 Å². The number of nitrogens with one attached hydrogen (secondary N) is 1. The van der Waals surface area contributed by atoms with Crippen molar-refractivity contribution in [2.24, 2.45) is 5.73 Å². The molecular weight excluding hydrogens is 388 g/mol. The Labute approximate surface area is 175 Å². The molecule has 3 N–H and O–H groups in total. The molecule has 158 valence electrons. The average Bonchev–Trinajstić information content (AvgIpc) is 3.06. The molecule has 0 spiro atoms. The van der Waals surface area contributed by atoms with Gasteiger partial charge in [-0.3, -0.25) is 9.97 Å². The van der Waals surface area contributed by atoms with Gasteiger partial charge >= 0.3 is 5.16 Å². The van der Waals surface area contributed by atoms with Gasteiger partial charge in [0.15, 0.2) is 5.75 Å². The van der Waals surface area contributed by atoms with Crippen LogP contribution in [0.3, 0.4) is 0 Å². The summed E-state index contributed by atoms with van der Waals surface area (Å²) >= 11 is -1.33. The number of hydrogen-bond donors (Lipinski definition) is 2. The van der Waals surface area contributed by atoms with Crippen LogP contribution >= 0.6 is 0 Å². The number of nitrogens with two attached hydrogens (primary N) is 1. The Morgan fingerprint density at radius 1 is 1.17 bits per heavy atom. The summed E-state index contributed by atoms with van der Waals surface area (Å²) < 4.78 is 23.3. The molecule has 8 heteroatoms. The number of aryl methyl sites for hydroxylation is 1. The van der Waals surface area contributed by atoms with Gasteiger partial charge in [-0.25, -0.2) is 0 Å². The van der Waals surface area contributed by atoms with E-state index in [-0.39, 0.29) is 11.3 Å². The summed E-state index contributed by atoms with van der Waals surface area (Å²) in [7, 11) is 3.23. The highest BCUT2D eigenvalue weighted by atomic mass is 32.2. The normalized spacial score (nSPS) is 12.3. The van der Waals surface area contributed by atoms with Gasteiger partial charge in [-0.2, -0.15) is 4.98 Å². The van der Waals surface area contributed by atoms with Crippen LogP contribution in [0.25, 0.3) is 11.0 Å². The molecule has 29 heavy (non-hydrogen) atoms. The van der Waals surface area contributed by atoms with Crippen molar-refractivity contribution in [2.75, 3.05) is 14.2 Å². The van der Waals surface area contributed by atoms with E-state index in [9.17, 15) is 4.55 Å². The second-order valence-electron chi connectivity index (χ2n) is 7.83. The summed E-state index contributed by atoms with van der Waals surface area (Å²) in [6, 6.07) is 5.51. The van der Waals surface area contributed by atoms with Gasteiger partial charge in [0.1, 0.15) is 11.5 Å². The molecule has 2 aromatic heterocycles. The zero-order valence-corrected chi connectivity index (χ0v) is 18.9. The van der Waals surface area contributed by atoms with Gasteiger partial charge in [-0.1, -0.05) is 0 Å².